The summed E-state index contributed by atoms with van der Waals surface area (Å²) in [5.41, 5.74) is 1.05. The number of likely N-dealkylation sites (tertiary alicyclic amines) is 1. The Morgan fingerprint density at radius 2 is 1.96 bits per heavy atom. The summed E-state index contributed by atoms with van der Waals surface area (Å²) < 4.78 is 11.9. The third-order valence-electron chi connectivity index (χ3n) is 4.55. The number of halogens is 1. The largest absolute Gasteiger partial charge is 0.497 e. The molecule has 26 heavy (non-hydrogen) atoms. The molecule has 0 spiro atoms. The minimum Gasteiger partial charge on any atom is -0.497 e. The van der Waals surface area contributed by atoms with Crippen LogP contribution < -0.4 is 9.47 Å². The summed E-state index contributed by atoms with van der Waals surface area (Å²) in [5, 5.41) is 0. The SMILES string of the molecule is COc1ccc(C2CCCN2C(=O)CSc2ccc(Br)cc2)c(OC)c1. The molecule has 1 saturated heterocycles. The summed E-state index contributed by atoms with van der Waals surface area (Å²) in [4.78, 5) is 15.9. The number of hydrogen-bond donors (Lipinski definition) is 0. The van der Waals surface area contributed by atoms with Gasteiger partial charge in [-0.15, -0.1) is 11.8 Å². The minimum absolute atomic E-state index is 0.0638. The van der Waals surface area contributed by atoms with E-state index in [4.69, 9.17) is 9.47 Å². The van der Waals surface area contributed by atoms with Crippen molar-refractivity contribution >= 4 is 33.6 Å². The van der Waals surface area contributed by atoms with Gasteiger partial charge in [-0.3, -0.25) is 4.79 Å². The number of hydrogen-bond acceptors (Lipinski definition) is 4. The number of thioether (sulfide) groups is 1. The summed E-state index contributed by atoms with van der Waals surface area (Å²) in [6.07, 6.45) is 1.96. The Balaban J connectivity index is 1.71. The number of carbonyl (C=O) groups is 1. The molecule has 1 aliphatic heterocycles. The second-order valence-corrected chi connectivity index (χ2v) is 8.06. The zero-order valence-corrected chi connectivity index (χ0v) is 17.3. The van der Waals surface area contributed by atoms with E-state index in [1.54, 1.807) is 26.0 Å². The van der Waals surface area contributed by atoms with Gasteiger partial charge in [0.15, 0.2) is 0 Å². The Hall–Kier alpha value is -1.66. The molecule has 2 aromatic rings. The molecule has 2 aromatic carbocycles. The van der Waals surface area contributed by atoms with Gasteiger partial charge in [-0.1, -0.05) is 15.9 Å². The fourth-order valence-electron chi connectivity index (χ4n) is 3.24. The second-order valence-electron chi connectivity index (χ2n) is 6.10. The van der Waals surface area contributed by atoms with Crippen molar-refractivity contribution in [3.8, 4) is 11.5 Å². The van der Waals surface area contributed by atoms with Crippen molar-refractivity contribution in [2.45, 2.75) is 23.8 Å². The maximum atomic E-state index is 12.8. The third-order valence-corrected chi connectivity index (χ3v) is 6.07. The lowest BCUT2D eigenvalue weighted by Crippen LogP contribution is -2.32. The maximum absolute atomic E-state index is 12.8. The quantitative estimate of drug-likeness (QED) is 0.603. The molecule has 0 saturated carbocycles. The van der Waals surface area contributed by atoms with Crippen molar-refractivity contribution in [2.75, 3.05) is 26.5 Å². The summed E-state index contributed by atoms with van der Waals surface area (Å²) in [6, 6.07) is 13.9. The molecule has 1 fully saturated rings. The number of rotatable bonds is 6. The Kier molecular flexibility index (Phi) is 6.48. The number of amides is 1. The number of nitrogens with zero attached hydrogens (tertiary/aromatic N) is 1. The van der Waals surface area contributed by atoms with E-state index in [1.165, 1.54) is 0 Å². The fraction of sp³-hybridized carbons (Fsp3) is 0.350. The van der Waals surface area contributed by atoms with E-state index in [2.05, 4.69) is 15.9 Å². The highest BCUT2D eigenvalue weighted by Gasteiger charge is 2.31. The predicted octanol–water partition coefficient (Wildman–Crippen LogP) is 4.92. The summed E-state index contributed by atoms with van der Waals surface area (Å²) in [6.45, 7) is 0.791. The number of benzene rings is 2. The van der Waals surface area contributed by atoms with E-state index < -0.39 is 0 Å². The number of methoxy groups -OCH3 is 2. The Morgan fingerprint density at radius 3 is 2.65 bits per heavy atom. The van der Waals surface area contributed by atoms with Gasteiger partial charge < -0.3 is 14.4 Å². The predicted molar refractivity (Wildman–Crippen MR) is 108 cm³/mol. The van der Waals surface area contributed by atoms with E-state index in [1.807, 2.05) is 47.4 Å². The highest BCUT2D eigenvalue weighted by atomic mass is 79.9. The zero-order chi connectivity index (χ0) is 18.5. The second kappa shape index (κ2) is 8.82. The topological polar surface area (TPSA) is 38.8 Å². The smallest absolute Gasteiger partial charge is 0.233 e. The molecule has 1 unspecified atom stereocenters. The minimum atomic E-state index is 0.0638. The van der Waals surface area contributed by atoms with Gasteiger partial charge in [-0.2, -0.15) is 0 Å². The Morgan fingerprint density at radius 1 is 1.19 bits per heavy atom. The highest BCUT2D eigenvalue weighted by Crippen LogP contribution is 2.39. The Bertz CT molecular complexity index is 766. The molecule has 1 amide bonds. The van der Waals surface area contributed by atoms with Crippen LogP contribution in [-0.4, -0.2) is 37.3 Å². The number of carbonyl (C=O) groups excluding carboxylic acids is 1. The average molecular weight is 436 g/mol. The van der Waals surface area contributed by atoms with Gasteiger partial charge in [0.2, 0.25) is 5.91 Å². The Labute approximate surface area is 167 Å². The highest BCUT2D eigenvalue weighted by molar-refractivity contribution is 9.10. The molecule has 0 aromatic heterocycles. The van der Waals surface area contributed by atoms with Crippen LogP contribution in [0.3, 0.4) is 0 Å². The zero-order valence-electron chi connectivity index (χ0n) is 14.9. The van der Waals surface area contributed by atoms with Crippen LogP contribution in [0.15, 0.2) is 51.8 Å². The molecule has 138 valence electrons. The first-order chi connectivity index (χ1) is 12.6. The summed E-state index contributed by atoms with van der Waals surface area (Å²) in [5.74, 6) is 2.14. The standard InChI is InChI=1S/C20H22BrNO3S/c1-24-15-7-10-17(19(12-15)25-2)18-4-3-11-22(18)20(23)13-26-16-8-5-14(21)6-9-16/h5-10,12,18H,3-4,11,13H2,1-2H3. The normalized spacial score (nSPS) is 16.6. The van der Waals surface area contributed by atoms with Gasteiger partial charge in [0, 0.05) is 27.5 Å². The van der Waals surface area contributed by atoms with Gasteiger partial charge in [-0.05, 0) is 49.2 Å². The number of ether oxygens (including phenoxy) is 2. The van der Waals surface area contributed by atoms with Crippen LogP contribution in [-0.2, 0) is 4.79 Å². The van der Waals surface area contributed by atoms with E-state index >= 15 is 0 Å². The van der Waals surface area contributed by atoms with Crippen LogP contribution in [0.1, 0.15) is 24.4 Å². The summed E-state index contributed by atoms with van der Waals surface area (Å²) in [7, 11) is 3.29. The van der Waals surface area contributed by atoms with Gasteiger partial charge >= 0.3 is 0 Å². The van der Waals surface area contributed by atoms with Gasteiger partial charge in [-0.25, -0.2) is 0 Å². The monoisotopic (exact) mass is 435 g/mol. The van der Waals surface area contributed by atoms with Gasteiger partial charge in [0.1, 0.15) is 11.5 Å². The molecular weight excluding hydrogens is 414 g/mol. The molecule has 1 heterocycles. The van der Waals surface area contributed by atoms with Crippen molar-refractivity contribution in [3.05, 3.63) is 52.5 Å². The molecule has 0 radical (unpaired) electrons. The van der Waals surface area contributed by atoms with Crippen LogP contribution in [0.25, 0.3) is 0 Å². The van der Waals surface area contributed by atoms with Crippen LogP contribution in [0.2, 0.25) is 0 Å². The molecule has 3 rings (SSSR count). The van der Waals surface area contributed by atoms with Crippen LogP contribution in [0.5, 0.6) is 11.5 Å². The van der Waals surface area contributed by atoms with Crippen molar-refractivity contribution < 1.29 is 14.3 Å². The van der Waals surface area contributed by atoms with E-state index in [0.29, 0.717) is 5.75 Å². The first-order valence-electron chi connectivity index (χ1n) is 8.52. The third kappa shape index (κ3) is 4.35. The van der Waals surface area contributed by atoms with Crippen LogP contribution >= 0.6 is 27.7 Å². The fourth-order valence-corrected chi connectivity index (χ4v) is 4.29. The molecule has 4 nitrogen and oxygen atoms in total. The lowest BCUT2D eigenvalue weighted by Gasteiger charge is -2.26. The first kappa shape index (κ1) is 19.1. The average Bonchev–Trinajstić information content (AvgIpc) is 3.16. The maximum Gasteiger partial charge on any atom is 0.233 e. The lowest BCUT2D eigenvalue weighted by molar-refractivity contribution is -0.129. The van der Waals surface area contributed by atoms with Crippen molar-refractivity contribution in [2.24, 2.45) is 0 Å². The molecule has 1 atom stereocenters. The first-order valence-corrected chi connectivity index (χ1v) is 10.3. The molecule has 6 heteroatoms. The van der Waals surface area contributed by atoms with Gasteiger partial charge in [0.05, 0.1) is 26.0 Å². The lowest BCUT2D eigenvalue weighted by atomic mass is 10.0. The van der Waals surface area contributed by atoms with Crippen LogP contribution in [0, 0.1) is 0 Å². The molecular formula is C20H22BrNO3S. The van der Waals surface area contributed by atoms with Crippen molar-refractivity contribution in [1.29, 1.82) is 0 Å². The van der Waals surface area contributed by atoms with Crippen molar-refractivity contribution in [1.82, 2.24) is 4.90 Å². The van der Waals surface area contributed by atoms with Crippen molar-refractivity contribution in [3.63, 3.8) is 0 Å². The molecule has 0 aliphatic carbocycles. The molecule has 1 aliphatic rings. The van der Waals surface area contributed by atoms with E-state index in [9.17, 15) is 4.79 Å². The van der Waals surface area contributed by atoms with E-state index in [0.717, 1.165) is 45.8 Å². The molecule has 0 N–H and O–H groups in total. The van der Waals surface area contributed by atoms with Gasteiger partial charge in [0.25, 0.3) is 0 Å². The van der Waals surface area contributed by atoms with E-state index in [-0.39, 0.29) is 11.9 Å². The van der Waals surface area contributed by atoms with Crippen LogP contribution in [0.4, 0.5) is 0 Å². The molecule has 0 bridgehead atoms. The summed E-state index contributed by atoms with van der Waals surface area (Å²) >= 11 is 5.01.